The minimum Gasteiger partial charge on any atom is -0.492 e. The first-order chi connectivity index (χ1) is 10.4. The molecule has 2 rings (SSSR count). The van der Waals surface area contributed by atoms with E-state index in [2.05, 4.69) is 0 Å². The molecule has 2 aromatic rings. The van der Waals surface area contributed by atoms with Crippen LogP contribution in [0, 0.1) is 0 Å². The maximum atomic E-state index is 12.8. The minimum absolute atomic E-state index is 0.0459. The molecule has 0 saturated carbocycles. The van der Waals surface area contributed by atoms with Crippen LogP contribution in [0.15, 0.2) is 47.4 Å². The van der Waals surface area contributed by atoms with Gasteiger partial charge < -0.3 is 4.74 Å². The molecule has 118 valence electrons. The van der Waals surface area contributed by atoms with Crippen molar-refractivity contribution in [2.45, 2.75) is 11.8 Å². The van der Waals surface area contributed by atoms with E-state index in [9.17, 15) is 8.42 Å². The summed E-state index contributed by atoms with van der Waals surface area (Å²) < 4.78 is 32.2. The number of hydrogen-bond donors (Lipinski definition) is 0. The summed E-state index contributed by atoms with van der Waals surface area (Å²) in [5.41, 5.74) is 0.431. The topological polar surface area (TPSA) is 46.6 Å². The summed E-state index contributed by atoms with van der Waals surface area (Å²) >= 11 is 11.9. The number of ether oxygens (including phenoxy) is 1. The largest absolute Gasteiger partial charge is 0.492 e. The van der Waals surface area contributed by atoms with E-state index in [1.807, 2.05) is 6.92 Å². The summed E-state index contributed by atoms with van der Waals surface area (Å²) in [7, 11) is -2.40. The number of rotatable bonds is 5. The first-order valence-electron chi connectivity index (χ1n) is 6.53. The molecule has 0 aliphatic heterocycles. The average molecular weight is 360 g/mol. The number of para-hydroxylation sites is 2. The molecule has 7 heteroatoms. The Morgan fingerprint density at radius 3 is 2.50 bits per heavy atom. The summed E-state index contributed by atoms with van der Waals surface area (Å²) in [4.78, 5) is -0.0459. The number of anilines is 1. The second-order valence-corrected chi connectivity index (χ2v) is 7.23. The van der Waals surface area contributed by atoms with Crippen LogP contribution in [0.2, 0.25) is 10.0 Å². The third-order valence-electron chi connectivity index (χ3n) is 3.04. The fourth-order valence-corrected chi connectivity index (χ4v) is 3.89. The Balaban J connectivity index is 2.52. The van der Waals surface area contributed by atoms with Crippen LogP contribution in [-0.4, -0.2) is 22.1 Å². The predicted molar refractivity (Wildman–Crippen MR) is 89.7 cm³/mol. The second-order valence-electron chi connectivity index (χ2n) is 4.45. The zero-order chi connectivity index (χ0) is 16.3. The lowest BCUT2D eigenvalue weighted by Crippen LogP contribution is -2.27. The van der Waals surface area contributed by atoms with Crippen molar-refractivity contribution in [2.24, 2.45) is 0 Å². The van der Waals surface area contributed by atoms with Gasteiger partial charge in [0.1, 0.15) is 10.6 Å². The first-order valence-corrected chi connectivity index (χ1v) is 8.73. The molecular weight excluding hydrogens is 345 g/mol. The number of halogens is 2. The monoisotopic (exact) mass is 359 g/mol. The maximum absolute atomic E-state index is 12.8. The van der Waals surface area contributed by atoms with Gasteiger partial charge in [0.05, 0.1) is 17.3 Å². The normalized spacial score (nSPS) is 11.3. The van der Waals surface area contributed by atoms with E-state index in [1.54, 1.807) is 24.3 Å². The molecular formula is C15H15Cl2NO3S. The van der Waals surface area contributed by atoms with Crippen molar-refractivity contribution in [3.8, 4) is 5.75 Å². The van der Waals surface area contributed by atoms with Crippen LogP contribution in [0.3, 0.4) is 0 Å². The van der Waals surface area contributed by atoms with Crippen molar-refractivity contribution in [1.82, 2.24) is 0 Å². The molecule has 22 heavy (non-hydrogen) atoms. The van der Waals surface area contributed by atoms with E-state index in [4.69, 9.17) is 27.9 Å². The fourth-order valence-electron chi connectivity index (χ4n) is 1.95. The average Bonchev–Trinajstić information content (AvgIpc) is 2.49. The lowest BCUT2D eigenvalue weighted by Gasteiger charge is -2.22. The van der Waals surface area contributed by atoms with Crippen LogP contribution >= 0.6 is 23.2 Å². The smallest absolute Gasteiger partial charge is 0.265 e. The molecule has 0 aliphatic rings. The Bertz CT molecular complexity index is 778. The molecule has 0 unspecified atom stereocenters. The van der Waals surface area contributed by atoms with Gasteiger partial charge in [0.15, 0.2) is 0 Å². The second kappa shape index (κ2) is 6.77. The summed E-state index contributed by atoms with van der Waals surface area (Å²) in [6.45, 7) is 2.27. The van der Waals surface area contributed by atoms with Gasteiger partial charge in [-0.25, -0.2) is 8.42 Å². The highest BCUT2D eigenvalue weighted by molar-refractivity contribution is 7.93. The van der Waals surface area contributed by atoms with Crippen LogP contribution < -0.4 is 9.04 Å². The van der Waals surface area contributed by atoms with E-state index >= 15 is 0 Å². The molecule has 0 aromatic heterocycles. The van der Waals surface area contributed by atoms with Gasteiger partial charge in [0.2, 0.25) is 0 Å². The van der Waals surface area contributed by atoms with Crippen molar-refractivity contribution in [3.63, 3.8) is 0 Å². The summed E-state index contributed by atoms with van der Waals surface area (Å²) in [6.07, 6.45) is 0. The van der Waals surface area contributed by atoms with Crippen LogP contribution in [0.4, 0.5) is 5.69 Å². The Hall–Kier alpha value is -1.43. The van der Waals surface area contributed by atoms with Crippen molar-refractivity contribution in [2.75, 3.05) is 18.0 Å². The maximum Gasteiger partial charge on any atom is 0.265 e. The standard InChI is InChI=1S/C15H15Cl2NO3S/c1-3-21-14-7-5-4-6-13(14)18(2)22(19,20)15-10-11(16)8-9-12(15)17/h4-10H,3H2,1-2H3. The lowest BCUT2D eigenvalue weighted by molar-refractivity contribution is 0.341. The van der Waals surface area contributed by atoms with Gasteiger partial charge in [-0.1, -0.05) is 35.3 Å². The number of sulfonamides is 1. The highest BCUT2D eigenvalue weighted by Crippen LogP contribution is 2.34. The molecule has 0 fully saturated rings. The molecule has 4 nitrogen and oxygen atoms in total. The zero-order valence-corrected chi connectivity index (χ0v) is 14.4. The Kier molecular flexibility index (Phi) is 5.21. The molecule has 0 saturated heterocycles. The van der Waals surface area contributed by atoms with E-state index < -0.39 is 10.0 Å². The molecule has 0 heterocycles. The van der Waals surface area contributed by atoms with Gasteiger partial charge in [0, 0.05) is 12.1 Å². The SMILES string of the molecule is CCOc1ccccc1N(C)S(=O)(=O)c1cc(Cl)ccc1Cl. The Morgan fingerprint density at radius 2 is 1.82 bits per heavy atom. The first kappa shape index (κ1) is 16.9. The highest BCUT2D eigenvalue weighted by Gasteiger charge is 2.26. The quantitative estimate of drug-likeness (QED) is 0.802. The van der Waals surface area contributed by atoms with Crippen molar-refractivity contribution >= 4 is 38.9 Å². The molecule has 0 spiro atoms. The van der Waals surface area contributed by atoms with Crippen LogP contribution in [0.25, 0.3) is 0 Å². The summed E-state index contributed by atoms with van der Waals surface area (Å²) in [6, 6.07) is 11.2. The predicted octanol–water partition coefficient (Wildman–Crippen LogP) is 4.22. The fraction of sp³-hybridized carbons (Fsp3) is 0.200. The van der Waals surface area contributed by atoms with E-state index in [0.29, 0.717) is 23.1 Å². The molecule has 0 radical (unpaired) electrons. The summed E-state index contributed by atoms with van der Waals surface area (Å²) in [5, 5.41) is 0.416. The van der Waals surface area contributed by atoms with Gasteiger partial charge in [0.25, 0.3) is 10.0 Å². The molecule has 0 amide bonds. The third kappa shape index (κ3) is 3.32. The number of nitrogens with zero attached hydrogens (tertiary/aromatic N) is 1. The van der Waals surface area contributed by atoms with Crippen molar-refractivity contribution < 1.29 is 13.2 Å². The van der Waals surface area contributed by atoms with Crippen molar-refractivity contribution in [1.29, 1.82) is 0 Å². The molecule has 2 aromatic carbocycles. The van der Waals surface area contributed by atoms with Crippen LogP contribution in [0.1, 0.15) is 6.92 Å². The van der Waals surface area contributed by atoms with E-state index in [-0.39, 0.29) is 9.92 Å². The Morgan fingerprint density at radius 1 is 1.14 bits per heavy atom. The number of benzene rings is 2. The Labute approximate surface area is 140 Å². The van der Waals surface area contributed by atoms with E-state index in [1.165, 1.54) is 25.2 Å². The molecule has 0 aliphatic carbocycles. The van der Waals surface area contributed by atoms with Crippen molar-refractivity contribution in [3.05, 3.63) is 52.5 Å². The van der Waals surface area contributed by atoms with Gasteiger partial charge in [-0.05, 0) is 37.3 Å². The van der Waals surface area contributed by atoms with Gasteiger partial charge >= 0.3 is 0 Å². The van der Waals surface area contributed by atoms with Gasteiger partial charge in [-0.2, -0.15) is 0 Å². The molecule has 0 atom stereocenters. The molecule has 0 bridgehead atoms. The van der Waals surface area contributed by atoms with Crippen LogP contribution in [-0.2, 0) is 10.0 Å². The summed E-state index contributed by atoms with van der Waals surface area (Å²) in [5.74, 6) is 0.481. The van der Waals surface area contributed by atoms with Gasteiger partial charge in [-0.15, -0.1) is 0 Å². The minimum atomic E-state index is -3.85. The lowest BCUT2D eigenvalue weighted by atomic mass is 10.3. The molecule has 0 N–H and O–H groups in total. The zero-order valence-electron chi connectivity index (χ0n) is 12.1. The van der Waals surface area contributed by atoms with E-state index in [0.717, 1.165) is 4.31 Å². The number of hydrogen-bond acceptors (Lipinski definition) is 3. The third-order valence-corrected chi connectivity index (χ3v) is 5.52. The highest BCUT2D eigenvalue weighted by atomic mass is 35.5. The van der Waals surface area contributed by atoms with Crippen LogP contribution in [0.5, 0.6) is 5.75 Å². The van der Waals surface area contributed by atoms with Gasteiger partial charge in [-0.3, -0.25) is 4.31 Å².